The summed E-state index contributed by atoms with van der Waals surface area (Å²) in [4.78, 5) is 15.9. The van der Waals surface area contributed by atoms with Crippen LogP contribution in [-0.4, -0.2) is 31.3 Å². The second-order valence-electron chi connectivity index (χ2n) is 4.30. The van der Waals surface area contributed by atoms with Crippen molar-refractivity contribution >= 4 is 32.3 Å². The molecule has 0 aliphatic heterocycles. The number of benzene rings is 1. The average Bonchev–Trinajstić information content (AvgIpc) is 2.36. The third-order valence-corrected chi connectivity index (χ3v) is 3.57. The van der Waals surface area contributed by atoms with Gasteiger partial charge in [0.25, 0.3) is 0 Å². The third-order valence-electron chi connectivity index (χ3n) is 2.62. The molecule has 100 valence electrons. The second-order valence-corrected chi connectivity index (χ2v) is 6.56. The first kappa shape index (κ1) is 13.5. The van der Waals surface area contributed by atoms with Crippen molar-refractivity contribution in [2.75, 3.05) is 17.3 Å². The van der Waals surface area contributed by atoms with Crippen LogP contribution in [0.4, 0.5) is 5.69 Å². The van der Waals surface area contributed by atoms with Gasteiger partial charge in [0, 0.05) is 24.3 Å². The minimum Gasteiger partial charge on any atom is -0.325 e. The van der Waals surface area contributed by atoms with E-state index in [1.165, 1.54) is 0 Å². The summed E-state index contributed by atoms with van der Waals surface area (Å²) in [6.45, 7) is 0. The summed E-state index contributed by atoms with van der Waals surface area (Å²) in [5.41, 5.74) is 1.42. The molecule has 0 spiro atoms. The number of anilines is 1. The molecule has 0 atom stereocenters. The van der Waals surface area contributed by atoms with Crippen LogP contribution in [-0.2, 0) is 14.6 Å². The molecule has 2 rings (SSSR count). The van der Waals surface area contributed by atoms with Crippen molar-refractivity contribution in [1.29, 1.82) is 0 Å². The summed E-state index contributed by atoms with van der Waals surface area (Å²) in [6.07, 6.45) is 2.75. The number of fused-ring (bicyclic) bond motifs is 1. The third kappa shape index (κ3) is 3.75. The van der Waals surface area contributed by atoms with Gasteiger partial charge in [-0.1, -0.05) is 6.07 Å². The monoisotopic (exact) mass is 278 g/mol. The highest BCUT2D eigenvalue weighted by Crippen LogP contribution is 2.21. The largest absolute Gasteiger partial charge is 0.325 e. The topological polar surface area (TPSA) is 76.1 Å². The predicted octanol–water partition coefficient (Wildman–Crippen LogP) is 1.61. The summed E-state index contributed by atoms with van der Waals surface area (Å²) < 4.78 is 22.0. The van der Waals surface area contributed by atoms with Crippen LogP contribution in [0, 0.1) is 0 Å². The fourth-order valence-corrected chi connectivity index (χ4v) is 2.26. The Morgan fingerprint density at radius 3 is 2.79 bits per heavy atom. The van der Waals surface area contributed by atoms with E-state index in [4.69, 9.17) is 0 Å². The van der Waals surface area contributed by atoms with Crippen LogP contribution in [0.2, 0.25) is 0 Å². The van der Waals surface area contributed by atoms with Crippen LogP contribution in [0.15, 0.2) is 36.5 Å². The van der Waals surface area contributed by atoms with Crippen molar-refractivity contribution in [3.8, 4) is 0 Å². The average molecular weight is 278 g/mol. The molecular formula is C13H14N2O3S. The molecule has 19 heavy (non-hydrogen) atoms. The van der Waals surface area contributed by atoms with Crippen molar-refractivity contribution in [3.63, 3.8) is 0 Å². The number of hydrogen-bond acceptors (Lipinski definition) is 4. The normalized spacial score (nSPS) is 11.4. The summed E-state index contributed by atoms with van der Waals surface area (Å²) in [5, 5.41) is 3.55. The number of nitrogens with zero attached hydrogens (tertiary/aromatic N) is 1. The number of amides is 1. The van der Waals surface area contributed by atoms with Gasteiger partial charge in [-0.15, -0.1) is 0 Å². The van der Waals surface area contributed by atoms with E-state index in [0.29, 0.717) is 5.69 Å². The number of aromatic nitrogens is 1. The van der Waals surface area contributed by atoms with Crippen LogP contribution in [0.25, 0.3) is 10.9 Å². The van der Waals surface area contributed by atoms with Gasteiger partial charge in [0.2, 0.25) is 5.91 Å². The Bertz CT molecular complexity index is 705. The van der Waals surface area contributed by atoms with E-state index in [2.05, 4.69) is 10.3 Å². The lowest BCUT2D eigenvalue weighted by Crippen LogP contribution is -2.16. The molecule has 2 aromatic rings. The fourth-order valence-electron chi connectivity index (χ4n) is 1.70. The number of carbonyl (C=O) groups excluding carboxylic acids is 1. The van der Waals surface area contributed by atoms with E-state index in [1.807, 2.05) is 12.1 Å². The van der Waals surface area contributed by atoms with Crippen molar-refractivity contribution < 1.29 is 13.2 Å². The number of pyridine rings is 1. The first-order valence-corrected chi connectivity index (χ1v) is 7.83. The maximum atomic E-state index is 11.7. The smallest absolute Gasteiger partial charge is 0.225 e. The van der Waals surface area contributed by atoms with E-state index in [1.54, 1.807) is 24.4 Å². The Balaban J connectivity index is 2.15. The Hall–Kier alpha value is -1.95. The Morgan fingerprint density at radius 1 is 1.26 bits per heavy atom. The van der Waals surface area contributed by atoms with E-state index >= 15 is 0 Å². The molecule has 6 heteroatoms. The van der Waals surface area contributed by atoms with Gasteiger partial charge in [-0.05, 0) is 24.3 Å². The number of carbonyl (C=O) groups is 1. The highest BCUT2D eigenvalue weighted by molar-refractivity contribution is 7.90. The molecule has 0 fully saturated rings. The van der Waals surface area contributed by atoms with Crippen molar-refractivity contribution in [3.05, 3.63) is 36.5 Å². The van der Waals surface area contributed by atoms with Gasteiger partial charge in [0.15, 0.2) is 0 Å². The minimum atomic E-state index is -3.13. The maximum Gasteiger partial charge on any atom is 0.225 e. The molecule has 1 aromatic carbocycles. The zero-order chi connectivity index (χ0) is 13.9. The van der Waals surface area contributed by atoms with Gasteiger partial charge in [-0.3, -0.25) is 9.78 Å². The first-order chi connectivity index (χ1) is 8.96. The Kier molecular flexibility index (Phi) is 3.80. The van der Waals surface area contributed by atoms with E-state index in [-0.39, 0.29) is 18.1 Å². The molecule has 0 saturated carbocycles. The molecule has 0 aliphatic rings. The summed E-state index contributed by atoms with van der Waals surface area (Å²) in [6, 6.07) is 9.05. The fraction of sp³-hybridized carbons (Fsp3) is 0.231. The first-order valence-electron chi connectivity index (χ1n) is 5.77. The molecule has 1 heterocycles. The van der Waals surface area contributed by atoms with Gasteiger partial charge < -0.3 is 5.32 Å². The van der Waals surface area contributed by atoms with Crippen LogP contribution in [0.1, 0.15) is 6.42 Å². The minimum absolute atomic E-state index is 0.0461. The van der Waals surface area contributed by atoms with Crippen molar-refractivity contribution in [2.45, 2.75) is 6.42 Å². The maximum absolute atomic E-state index is 11.7. The van der Waals surface area contributed by atoms with Gasteiger partial charge >= 0.3 is 0 Å². The molecular weight excluding hydrogens is 264 g/mol. The zero-order valence-corrected chi connectivity index (χ0v) is 11.3. The Morgan fingerprint density at radius 2 is 2.05 bits per heavy atom. The quantitative estimate of drug-likeness (QED) is 0.921. The lowest BCUT2D eigenvalue weighted by Gasteiger charge is -2.07. The number of nitrogens with one attached hydrogen (secondary N) is 1. The predicted molar refractivity (Wildman–Crippen MR) is 74.7 cm³/mol. The van der Waals surface area contributed by atoms with E-state index < -0.39 is 9.84 Å². The zero-order valence-electron chi connectivity index (χ0n) is 10.5. The summed E-state index contributed by atoms with van der Waals surface area (Å²) in [5.74, 6) is -0.469. The molecule has 0 unspecified atom stereocenters. The highest BCUT2D eigenvalue weighted by atomic mass is 32.2. The SMILES string of the molecule is CS(=O)(=O)CCC(=O)Nc1cccc2ncccc12. The molecule has 1 amide bonds. The molecule has 0 radical (unpaired) electrons. The molecule has 0 saturated heterocycles. The van der Waals surface area contributed by atoms with Gasteiger partial charge in [-0.2, -0.15) is 0 Å². The van der Waals surface area contributed by atoms with Crippen LogP contribution in [0.3, 0.4) is 0 Å². The number of hydrogen-bond donors (Lipinski definition) is 1. The molecule has 1 aromatic heterocycles. The Labute approximate surface area is 111 Å². The molecule has 0 bridgehead atoms. The summed E-state index contributed by atoms with van der Waals surface area (Å²) >= 11 is 0. The molecule has 0 aliphatic carbocycles. The highest BCUT2D eigenvalue weighted by Gasteiger charge is 2.09. The van der Waals surface area contributed by atoms with Crippen LogP contribution < -0.4 is 5.32 Å². The summed E-state index contributed by atoms with van der Waals surface area (Å²) in [7, 11) is -3.13. The molecule has 1 N–H and O–H groups in total. The van der Waals surface area contributed by atoms with Gasteiger partial charge in [-0.25, -0.2) is 8.42 Å². The van der Waals surface area contributed by atoms with E-state index in [9.17, 15) is 13.2 Å². The lowest BCUT2D eigenvalue weighted by atomic mass is 10.2. The number of rotatable bonds is 4. The molecule has 5 nitrogen and oxygen atoms in total. The van der Waals surface area contributed by atoms with Crippen LogP contribution >= 0.6 is 0 Å². The van der Waals surface area contributed by atoms with Crippen molar-refractivity contribution in [1.82, 2.24) is 4.98 Å². The van der Waals surface area contributed by atoms with E-state index in [0.717, 1.165) is 17.2 Å². The lowest BCUT2D eigenvalue weighted by molar-refractivity contribution is -0.115. The van der Waals surface area contributed by atoms with Crippen molar-refractivity contribution in [2.24, 2.45) is 0 Å². The second kappa shape index (κ2) is 5.36. The number of sulfone groups is 1. The van der Waals surface area contributed by atoms with Gasteiger partial charge in [0.05, 0.1) is 17.0 Å². The standard InChI is InChI=1S/C13H14N2O3S/c1-19(17,18)9-7-13(16)15-12-6-2-5-11-10(12)4-3-8-14-11/h2-6,8H,7,9H2,1H3,(H,15,16). The van der Waals surface area contributed by atoms with Crippen LogP contribution in [0.5, 0.6) is 0 Å². The van der Waals surface area contributed by atoms with Gasteiger partial charge in [0.1, 0.15) is 9.84 Å².